The van der Waals surface area contributed by atoms with Gasteiger partial charge in [-0.2, -0.15) is 0 Å². The van der Waals surface area contributed by atoms with Crippen molar-refractivity contribution in [1.82, 2.24) is 4.98 Å². The zero-order valence-electron chi connectivity index (χ0n) is 4.91. The van der Waals surface area contributed by atoms with Crippen LogP contribution < -0.4 is 0 Å². The Balaban J connectivity index is 2.49. The molecule has 0 radical (unpaired) electrons. The van der Waals surface area contributed by atoms with E-state index in [0.29, 0.717) is 10.9 Å². The summed E-state index contributed by atoms with van der Waals surface area (Å²) in [6.07, 6.45) is 1.58. The van der Waals surface area contributed by atoms with Gasteiger partial charge in [-0.1, -0.05) is 11.6 Å². The van der Waals surface area contributed by atoms with Gasteiger partial charge >= 0.3 is 0 Å². The maximum atomic E-state index is 9.71. The Kier molecular flexibility index (Phi) is 2.65. The van der Waals surface area contributed by atoms with Crippen LogP contribution in [0.15, 0.2) is 6.20 Å². The highest BCUT2D eigenvalue weighted by Gasteiger charge is 1.97. The average Bonchev–Trinajstić information content (AvgIpc) is 2.31. The van der Waals surface area contributed by atoms with Crippen LogP contribution in [-0.4, -0.2) is 11.5 Å². The number of halogens is 1. The zero-order chi connectivity index (χ0) is 7.40. The molecular formula is C5H4ClNO2S. The predicted molar refractivity (Wildman–Crippen MR) is 38.0 cm³/mol. The molecule has 1 rings (SSSR count). The Labute approximate surface area is 66.6 Å². The Bertz CT molecular complexity index is 225. The fraction of sp³-hybridized carbons (Fsp3) is 0.200. The van der Waals surface area contributed by atoms with Crippen molar-refractivity contribution in [2.24, 2.45) is 0 Å². The first-order valence-electron chi connectivity index (χ1n) is 2.48. The van der Waals surface area contributed by atoms with E-state index in [1.165, 1.54) is 11.3 Å². The maximum absolute atomic E-state index is 9.71. The van der Waals surface area contributed by atoms with E-state index in [2.05, 4.69) is 9.72 Å². The van der Waals surface area contributed by atoms with Crippen LogP contribution in [0.25, 0.3) is 0 Å². The molecule has 1 aromatic heterocycles. The quantitative estimate of drug-likeness (QED) is 0.657. The summed E-state index contributed by atoms with van der Waals surface area (Å²) in [5.74, 6) is 0. The van der Waals surface area contributed by atoms with Crippen LogP contribution in [0, 0.1) is 0 Å². The fourth-order valence-electron chi connectivity index (χ4n) is 0.467. The van der Waals surface area contributed by atoms with Gasteiger partial charge in [-0.15, -0.1) is 11.3 Å². The third kappa shape index (κ3) is 1.97. The number of nitrogens with zero attached hydrogens (tertiary/aromatic N) is 1. The number of hydrogen-bond acceptors (Lipinski definition) is 4. The lowest BCUT2D eigenvalue weighted by Crippen LogP contribution is -1.84. The van der Waals surface area contributed by atoms with Crippen LogP contribution in [0.3, 0.4) is 0 Å². The highest BCUT2D eigenvalue weighted by molar-refractivity contribution is 7.15. The van der Waals surface area contributed by atoms with Gasteiger partial charge in [0.2, 0.25) is 0 Å². The van der Waals surface area contributed by atoms with Gasteiger partial charge in [0, 0.05) is 6.20 Å². The monoisotopic (exact) mass is 177 g/mol. The van der Waals surface area contributed by atoms with Crippen molar-refractivity contribution in [3.05, 3.63) is 15.5 Å². The standard InChI is InChI=1S/C5H4ClNO2S/c6-5-7-1-4(10-5)2-9-3-8/h1,3H,2H2. The summed E-state index contributed by atoms with van der Waals surface area (Å²) < 4.78 is 4.93. The fourth-order valence-corrected chi connectivity index (χ4v) is 1.37. The van der Waals surface area contributed by atoms with E-state index < -0.39 is 0 Å². The molecule has 1 aromatic rings. The molecule has 0 fully saturated rings. The minimum atomic E-state index is 0.258. The SMILES string of the molecule is O=COCc1cnc(Cl)s1. The highest BCUT2D eigenvalue weighted by Crippen LogP contribution is 2.17. The van der Waals surface area contributed by atoms with E-state index in [4.69, 9.17) is 11.6 Å². The minimum absolute atomic E-state index is 0.258. The molecule has 0 atom stereocenters. The van der Waals surface area contributed by atoms with E-state index in [0.717, 1.165) is 4.88 Å². The molecule has 0 spiro atoms. The Morgan fingerprint density at radius 3 is 3.20 bits per heavy atom. The molecule has 0 aromatic carbocycles. The van der Waals surface area contributed by atoms with Crippen molar-refractivity contribution in [2.45, 2.75) is 6.61 Å². The highest BCUT2D eigenvalue weighted by atomic mass is 35.5. The van der Waals surface area contributed by atoms with Gasteiger partial charge in [0.1, 0.15) is 6.61 Å². The molecule has 0 unspecified atom stereocenters. The summed E-state index contributed by atoms with van der Waals surface area (Å²) >= 11 is 6.80. The molecule has 3 nitrogen and oxygen atoms in total. The molecule has 1 heterocycles. The van der Waals surface area contributed by atoms with Gasteiger partial charge in [-0.25, -0.2) is 4.98 Å². The average molecular weight is 178 g/mol. The Morgan fingerprint density at radius 2 is 2.70 bits per heavy atom. The lowest BCUT2D eigenvalue weighted by Gasteiger charge is -1.89. The zero-order valence-corrected chi connectivity index (χ0v) is 6.48. The summed E-state index contributed by atoms with van der Waals surface area (Å²) in [6, 6.07) is 0. The van der Waals surface area contributed by atoms with Crippen LogP contribution in [0.5, 0.6) is 0 Å². The first-order chi connectivity index (χ1) is 4.83. The van der Waals surface area contributed by atoms with Crippen molar-refractivity contribution in [1.29, 1.82) is 0 Å². The molecule has 5 heteroatoms. The van der Waals surface area contributed by atoms with Crippen LogP contribution in [0.1, 0.15) is 4.88 Å². The third-order valence-electron chi connectivity index (χ3n) is 0.819. The van der Waals surface area contributed by atoms with Gasteiger partial charge < -0.3 is 4.74 Å². The van der Waals surface area contributed by atoms with E-state index in [-0.39, 0.29) is 6.61 Å². The largest absolute Gasteiger partial charge is 0.462 e. The Hall–Kier alpha value is -0.610. The first kappa shape index (κ1) is 7.50. The summed E-state index contributed by atoms with van der Waals surface area (Å²) in [5, 5.41) is 0. The molecule has 0 aliphatic heterocycles. The lowest BCUT2D eigenvalue weighted by molar-refractivity contribution is -0.129. The second kappa shape index (κ2) is 3.53. The summed E-state index contributed by atoms with van der Waals surface area (Å²) in [5.41, 5.74) is 0. The van der Waals surface area contributed by atoms with E-state index in [9.17, 15) is 4.79 Å². The normalized spacial score (nSPS) is 9.30. The molecule has 0 aliphatic rings. The molecule has 0 saturated carbocycles. The third-order valence-corrected chi connectivity index (χ3v) is 1.91. The summed E-state index contributed by atoms with van der Waals surface area (Å²) in [4.78, 5) is 14.3. The number of ether oxygens (including phenoxy) is 1. The van der Waals surface area contributed by atoms with Gasteiger partial charge in [0.15, 0.2) is 4.47 Å². The topological polar surface area (TPSA) is 39.2 Å². The molecule has 0 aliphatic carbocycles. The number of carbonyl (C=O) groups is 1. The van der Waals surface area contributed by atoms with Crippen LogP contribution in [0.2, 0.25) is 4.47 Å². The van der Waals surface area contributed by atoms with E-state index >= 15 is 0 Å². The minimum Gasteiger partial charge on any atom is -0.462 e. The molecule has 0 amide bonds. The number of rotatable bonds is 3. The van der Waals surface area contributed by atoms with Crippen molar-refractivity contribution in [3.8, 4) is 0 Å². The molecule has 10 heavy (non-hydrogen) atoms. The van der Waals surface area contributed by atoms with Crippen molar-refractivity contribution in [2.75, 3.05) is 0 Å². The lowest BCUT2D eigenvalue weighted by atomic mass is 10.6. The predicted octanol–water partition coefficient (Wildman–Crippen LogP) is 1.47. The summed E-state index contributed by atoms with van der Waals surface area (Å²) in [7, 11) is 0. The number of carbonyl (C=O) groups excluding carboxylic acids is 1. The van der Waals surface area contributed by atoms with Gasteiger partial charge in [0.05, 0.1) is 4.88 Å². The van der Waals surface area contributed by atoms with E-state index in [1.54, 1.807) is 6.20 Å². The molecule has 0 bridgehead atoms. The number of aromatic nitrogens is 1. The maximum Gasteiger partial charge on any atom is 0.293 e. The van der Waals surface area contributed by atoms with Crippen LogP contribution in [0.4, 0.5) is 0 Å². The Morgan fingerprint density at radius 1 is 1.90 bits per heavy atom. The number of hydrogen-bond donors (Lipinski definition) is 0. The molecular weight excluding hydrogens is 174 g/mol. The van der Waals surface area contributed by atoms with E-state index in [1.807, 2.05) is 0 Å². The second-order valence-corrected chi connectivity index (χ2v) is 3.18. The smallest absolute Gasteiger partial charge is 0.293 e. The van der Waals surface area contributed by atoms with Gasteiger partial charge in [0.25, 0.3) is 6.47 Å². The second-order valence-electron chi connectivity index (χ2n) is 1.49. The molecule has 54 valence electrons. The number of thiazole rings is 1. The molecule has 0 N–H and O–H groups in total. The van der Waals surface area contributed by atoms with Crippen LogP contribution in [-0.2, 0) is 16.1 Å². The first-order valence-corrected chi connectivity index (χ1v) is 3.68. The van der Waals surface area contributed by atoms with Crippen LogP contribution >= 0.6 is 22.9 Å². The van der Waals surface area contributed by atoms with Crippen molar-refractivity contribution in [3.63, 3.8) is 0 Å². The van der Waals surface area contributed by atoms with Crippen molar-refractivity contribution >= 4 is 29.4 Å². The van der Waals surface area contributed by atoms with Gasteiger partial charge in [-0.05, 0) is 0 Å². The molecule has 0 saturated heterocycles. The van der Waals surface area contributed by atoms with Crippen molar-refractivity contribution < 1.29 is 9.53 Å². The van der Waals surface area contributed by atoms with Gasteiger partial charge in [-0.3, -0.25) is 4.79 Å². The summed E-state index contributed by atoms with van der Waals surface area (Å²) in [6.45, 7) is 0.654.